The number of alkyl halides is 3. The van der Waals surface area contributed by atoms with Crippen molar-refractivity contribution in [2.24, 2.45) is 0 Å². The molecular weight excluding hydrogens is 279 g/mol. The van der Waals surface area contributed by atoms with Gasteiger partial charge >= 0.3 is 6.18 Å². The summed E-state index contributed by atoms with van der Waals surface area (Å²) < 4.78 is 38.1. The molecule has 102 valence electrons. The summed E-state index contributed by atoms with van der Waals surface area (Å²) in [6, 6.07) is 3.37. The number of nitrogens with zero attached hydrogens (tertiary/aromatic N) is 2. The first-order valence-corrected chi connectivity index (χ1v) is 5.97. The Morgan fingerprint density at radius 2 is 2.00 bits per heavy atom. The van der Waals surface area contributed by atoms with Gasteiger partial charge in [0.1, 0.15) is 0 Å². The lowest BCUT2D eigenvalue weighted by molar-refractivity contribution is -0.137. The van der Waals surface area contributed by atoms with E-state index in [0.717, 1.165) is 12.1 Å². The van der Waals surface area contributed by atoms with Crippen molar-refractivity contribution in [2.45, 2.75) is 12.6 Å². The van der Waals surface area contributed by atoms with Crippen molar-refractivity contribution in [1.29, 1.82) is 0 Å². The van der Waals surface area contributed by atoms with Gasteiger partial charge in [-0.1, -0.05) is 0 Å². The van der Waals surface area contributed by atoms with E-state index in [9.17, 15) is 13.2 Å². The SMILES string of the molecule is CNCCc1nc(Cl)nc2ccc(C(F)(F)F)cc12. The fourth-order valence-electron chi connectivity index (χ4n) is 1.77. The minimum Gasteiger partial charge on any atom is -0.319 e. The van der Waals surface area contributed by atoms with Crippen LogP contribution in [0, 0.1) is 0 Å². The van der Waals surface area contributed by atoms with E-state index in [0.29, 0.717) is 29.6 Å². The number of hydrogen-bond acceptors (Lipinski definition) is 3. The highest BCUT2D eigenvalue weighted by molar-refractivity contribution is 6.28. The topological polar surface area (TPSA) is 37.8 Å². The summed E-state index contributed by atoms with van der Waals surface area (Å²) in [5, 5.41) is 3.34. The van der Waals surface area contributed by atoms with E-state index in [-0.39, 0.29) is 5.28 Å². The van der Waals surface area contributed by atoms with Crippen molar-refractivity contribution in [3.05, 3.63) is 34.7 Å². The van der Waals surface area contributed by atoms with Crippen LogP contribution in [0.5, 0.6) is 0 Å². The first-order chi connectivity index (χ1) is 8.91. The van der Waals surface area contributed by atoms with Gasteiger partial charge in [-0.05, 0) is 36.8 Å². The van der Waals surface area contributed by atoms with Crippen molar-refractivity contribution in [3.8, 4) is 0 Å². The molecule has 0 spiro atoms. The largest absolute Gasteiger partial charge is 0.416 e. The first kappa shape index (κ1) is 14.0. The van der Waals surface area contributed by atoms with Crippen molar-refractivity contribution in [2.75, 3.05) is 13.6 Å². The predicted molar refractivity (Wildman–Crippen MR) is 67.2 cm³/mol. The summed E-state index contributed by atoms with van der Waals surface area (Å²) in [4.78, 5) is 7.94. The van der Waals surface area contributed by atoms with E-state index in [1.165, 1.54) is 6.07 Å². The number of aromatic nitrogens is 2. The monoisotopic (exact) mass is 289 g/mol. The van der Waals surface area contributed by atoms with Crippen LogP contribution in [0.15, 0.2) is 18.2 Å². The van der Waals surface area contributed by atoms with Crippen molar-refractivity contribution in [1.82, 2.24) is 15.3 Å². The van der Waals surface area contributed by atoms with E-state index in [4.69, 9.17) is 11.6 Å². The molecule has 2 aromatic rings. The number of rotatable bonds is 3. The van der Waals surface area contributed by atoms with E-state index < -0.39 is 11.7 Å². The summed E-state index contributed by atoms with van der Waals surface area (Å²) in [6.45, 7) is 0.596. The zero-order chi connectivity index (χ0) is 14.0. The molecule has 3 nitrogen and oxygen atoms in total. The molecule has 1 aromatic carbocycles. The van der Waals surface area contributed by atoms with Crippen LogP contribution in [-0.2, 0) is 12.6 Å². The van der Waals surface area contributed by atoms with Crippen LogP contribution in [0.1, 0.15) is 11.3 Å². The number of hydrogen-bond donors (Lipinski definition) is 1. The second kappa shape index (κ2) is 5.30. The zero-order valence-corrected chi connectivity index (χ0v) is 10.8. The maximum atomic E-state index is 12.7. The third-order valence-electron chi connectivity index (χ3n) is 2.69. The second-order valence-electron chi connectivity index (χ2n) is 4.02. The van der Waals surface area contributed by atoms with E-state index in [1.54, 1.807) is 7.05 Å². The van der Waals surface area contributed by atoms with Crippen LogP contribution in [-0.4, -0.2) is 23.6 Å². The normalized spacial score (nSPS) is 12.1. The molecule has 0 saturated heterocycles. The third-order valence-corrected chi connectivity index (χ3v) is 2.86. The van der Waals surface area contributed by atoms with Gasteiger partial charge in [-0.25, -0.2) is 9.97 Å². The molecule has 0 aliphatic heterocycles. The Morgan fingerprint density at radius 3 is 2.63 bits per heavy atom. The Labute approximate surface area is 112 Å². The highest BCUT2D eigenvalue weighted by atomic mass is 35.5. The standard InChI is InChI=1S/C12H11ClF3N3/c1-17-5-4-10-8-6-7(12(14,15)16)2-3-9(8)18-11(13)19-10/h2-3,6,17H,4-5H2,1H3. The number of nitrogens with one attached hydrogen (secondary N) is 1. The molecule has 1 N–H and O–H groups in total. The Kier molecular flexibility index (Phi) is 3.91. The van der Waals surface area contributed by atoms with Gasteiger partial charge in [0.15, 0.2) is 0 Å². The third kappa shape index (κ3) is 3.13. The van der Waals surface area contributed by atoms with E-state index >= 15 is 0 Å². The van der Waals surface area contributed by atoms with Crippen LogP contribution in [0.2, 0.25) is 5.28 Å². The van der Waals surface area contributed by atoms with Gasteiger partial charge in [-0.3, -0.25) is 0 Å². The van der Waals surface area contributed by atoms with Gasteiger partial charge in [0, 0.05) is 18.4 Å². The van der Waals surface area contributed by atoms with Crippen LogP contribution in [0.4, 0.5) is 13.2 Å². The first-order valence-electron chi connectivity index (χ1n) is 5.60. The molecular formula is C12H11ClF3N3. The Bertz CT molecular complexity index is 599. The van der Waals surface area contributed by atoms with Gasteiger partial charge in [0.2, 0.25) is 5.28 Å². The Morgan fingerprint density at radius 1 is 1.26 bits per heavy atom. The summed E-state index contributed by atoms with van der Waals surface area (Å²) in [5.41, 5.74) is 0.214. The maximum Gasteiger partial charge on any atom is 0.416 e. The lowest BCUT2D eigenvalue weighted by Crippen LogP contribution is -2.12. The minimum absolute atomic E-state index is 0.0401. The van der Waals surface area contributed by atoms with Gasteiger partial charge in [0.25, 0.3) is 0 Å². The lowest BCUT2D eigenvalue weighted by Gasteiger charge is -2.10. The maximum absolute atomic E-state index is 12.7. The quantitative estimate of drug-likeness (QED) is 0.883. The molecule has 1 aromatic heterocycles. The molecule has 0 bridgehead atoms. The van der Waals surface area contributed by atoms with E-state index in [2.05, 4.69) is 15.3 Å². The van der Waals surface area contributed by atoms with Crippen LogP contribution >= 0.6 is 11.6 Å². The zero-order valence-electron chi connectivity index (χ0n) is 10.1. The molecule has 0 aliphatic rings. The smallest absolute Gasteiger partial charge is 0.319 e. The number of fused-ring (bicyclic) bond motifs is 1. The minimum atomic E-state index is -4.38. The molecule has 19 heavy (non-hydrogen) atoms. The fraction of sp³-hybridized carbons (Fsp3) is 0.333. The number of benzene rings is 1. The van der Waals surface area contributed by atoms with Crippen molar-refractivity contribution >= 4 is 22.5 Å². The Balaban J connectivity index is 2.58. The fourth-order valence-corrected chi connectivity index (χ4v) is 1.96. The van der Waals surface area contributed by atoms with Crippen LogP contribution in [0.25, 0.3) is 10.9 Å². The summed E-state index contributed by atoms with van der Waals surface area (Å²) in [5.74, 6) is 0. The van der Waals surface area contributed by atoms with Gasteiger partial charge in [0.05, 0.1) is 16.8 Å². The average Bonchev–Trinajstić information content (AvgIpc) is 2.34. The molecule has 0 unspecified atom stereocenters. The molecule has 7 heteroatoms. The number of halogens is 4. The van der Waals surface area contributed by atoms with Crippen molar-refractivity contribution in [3.63, 3.8) is 0 Å². The second-order valence-corrected chi connectivity index (χ2v) is 4.36. The lowest BCUT2D eigenvalue weighted by atomic mass is 10.1. The highest BCUT2D eigenvalue weighted by Crippen LogP contribution is 2.32. The highest BCUT2D eigenvalue weighted by Gasteiger charge is 2.30. The predicted octanol–water partition coefficient (Wildman–Crippen LogP) is 3.06. The molecule has 0 radical (unpaired) electrons. The average molecular weight is 290 g/mol. The molecule has 0 aliphatic carbocycles. The Hall–Kier alpha value is -1.40. The van der Waals surface area contributed by atoms with Gasteiger partial charge in [-0.2, -0.15) is 13.2 Å². The summed E-state index contributed by atoms with van der Waals surface area (Å²) in [6.07, 6.45) is -3.90. The van der Waals surface area contributed by atoms with E-state index in [1.807, 2.05) is 0 Å². The molecule has 0 atom stereocenters. The number of likely N-dealkylation sites (N-methyl/N-ethyl adjacent to an activating group) is 1. The van der Waals surface area contributed by atoms with Crippen LogP contribution < -0.4 is 5.32 Å². The molecule has 0 amide bonds. The molecule has 0 saturated carbocycles. The molecule has 0 fully saturated rings. The summed E-state index contributed by atoms with van der Waals surface area (Å²) >= 11 is 5.77. The summed E-state index contributed by atoms with van der Waals surface area (Å²) in [7, 11) is 1.76. The van der Waals surface area contributed by atoms with Gasteiger partial charge < -0.3 is 5.32 Å². The van der Waals surface area contributed by atoms with Gasteiger partial charge in [-0.15, -0.1) is 0 Å². The van der Waals surface area contributed by atoms with Crippen molar-refractivity contribution < 1.29 is 13.2 Å². The van der Waals surface area contributed by atoms with Crippen LogP contribution in [0.3, 0.4) is 0 Å². The molecule has 1 heterocycles. The molecule has 2 rings (SSSR count).